The summed E-state index contributed by atoms with van der Waals surface area (Å²) in [5.74, 6) is 1.61. The average Bonchev–Trinajstić information content (AvgIpc) is 3.23. The molecule has 1 aliphatic carbocycles. The molecule has 0 spiro atoms. The smallest absolute Gasteiger partial charge is 0.317 e. The fourth-order valence-electron chi connectivity index (χ4n) is 2.65. The van der Waals surface area contributed by atoms with E-state index in [9.17, 15) is 0 Å². The van der Waals surface area contributed by atoms with E-state index in [4.69, 9.17) is 9.47 Å². The van der Waals surface area contributed by atoms with Crippen molar-refractivity contribution in [2.24, 2.45) is 0 Å². The number of halogens is 1. The van der Waals surface area contributed by atoms with Gasteiger partial charge >= 0.3 is 6.01 Å². The van der Waals surface area contributed by atoms with Gasteiger partial charge in [0.2, 0.25) is 5.82 Å². The van der Waals surface area contributed by atoms with Crippen LogP contribution in [0.5, 0.6) is 6.01 Å². The Labute approximate surface area is 159 Å². The van der Waals surface area contributed by atoms with Crippen molar-refractivity contribution in [1.82, 2.24) is 19.7 Å². The van der Waals surface area contributed by atoms with Crippen LogP contribution < -0.4 is 4.74 Å². The summed E-state index contributed by atoms with van der Waals surface area (Å²) in [7, 11) is 0.375. The number of nitrogens with zero attached hydrogens (tertiary/aromatic N) is 4. The Bertz CT molecular complexity index is 672. The molecule has 8 heteroatoms. The Hall–Kier alpha value is -1.12. The maximum absolute atomic E-state index is 6.08. The van der Waals surface area contributed by atoms with Gasteiger partial charge in [0.25, 0.3) is 0 Å². The third kappa shape index (κ3) is 5.43. The summed E-state index contributed by atoms with van der Waals surface area (Å²) in [4.78, 5) is 8.93. The van der Waals surface area contributed by atoms with Crippen LogP contribution in [0.25, 0.3) is 11.5 Å². The molecule has 0 bridgehead atoms. The Morgan fingerprint density at radius 1 is 1.28 bits per heavy atom. The second-order valence-corrected chi connectivity index (χ2v) is 9.63. The minimum Gasteiger partial charge on any atom is -0.460 e. The van der Waals surface area contributed by atoms with E-state index in [1.165, 1.54) is 12.8 Å². The molecule has 2 heterocycles. The van der Waals surface area contributed by atoms with Crippen LogP contribution in [0, 0.1) is 0 Å². The van der Waals surface area contributed by atoms with E-state index < -0.39 is 0 Å². The van der Waals surface area contributed by atoms with Crippen molar-refractivity contribution in [2.75, 3.05) is 24.9 Å². The van der Waals surface area contributed by atoms with Crippen LogP contribution in [0.2, 0.25) is 0 Å². The molecular formula is C17H24BrN4O2S+. The van der Waals surface area contributed by atoms with E-state index >= 15 is 0 Å². The molecule has 0 atom stereocenters. The first-order chi connectivity index (χ1) is 12.1. The zero-order chi connectivity index (χ0) is 17.6. The minimum atomic E-state index is 0.228. The summed E-state index contributed by atoms with van der Waals surface area (Å²) in [6, 6.07) is 4.35. The van der Waals surface area contributed by atoms with Crippen molar-refractivity contribution < 1.29 is 9.47 Å². The van der Waals surface area contributed by atoms with Crippen LogP contribution >= 0.6 is 15.9 Å². The molecule has 0 amide bonds. The summed E-state index contributed by atoms with van der Waals surface area (Å²) >= 11 is 3.40. The molecule has 1 fully saturated rings. The molecule has 0 saturated heterocycles. The van der Waals surface area contributed by atoms with Gasteiger partial charge in [-0.2, -0.15) is 9.67 Å². The largest absolute Gasteiger partial charge is 0.460 e. The molecule has 1 aliphatic rings. The third-order valence-electron chi connectivity index (χ3n) is 4.02. The van der Waals surface area contributed by atoms with E-state index in [1.807, 2.05) is 12.1 Å². The summed E-state index contributed by atoms with van der Waals surface area (Å²) in [5.41, 5.74) is 0.724. The van der Waals surface area contributed by atoms with Crippen molar-refractivity contribution in [3.63, 3.8) is 0 Å². The molecule has 2 aromatic heterocycles. The maximum atomic E-state index is 6.08. The molecule has 0 N–H and O–H groups in total. The average molecular weight is 428 g/mol. The third-order valence-corrected chi connectivity index (χ3v) is 5.47. The maximum Gasteiger partial charge on any atom is 0.317 e. The van der Waals surface area contributed by atoms with Crippen LogP contribution in [0.1, 0.15) is 25.7 Å². The standard InChI is InChI=1S/C17H24BrN4O2S/c1-25(2)10-9-23-12-22-17(24-14-5-3-4-6-14)20-16(21-22)15-8-7-13(18)11-19-15/h7-8,11,14H,3-6,9-10,12H2,1-2H3/q+1. The number of ether oxygens (including phenoxy) is 2. The Balaban J connectivity index is 1.73. The lowest BCUT2D eigenvalue weighted by atomic mass is 10.3. The summed E-state index contributed by atoms with van der Waals surface area (Å²) in [6.45, 7) is 1.06. The highest BCUT2D eigenvalue weighted by atomic mass is 79.9. The van der Waals surface area contributed by atoms with Crippen LogP contribution in [0.4, 0.5) is 0 Å². The van der Waals surface area contributed by atoms with Crippen LogP contribution in [0.15, 0.2) is 22.8 Å². The normalized spacial score (nSPS) is 15.2. The fourth-order valence-corrected chi connectivity index (χ4v) is 3.33. The fraction of sp³-hybridized carbons (Fsp3) is 0.588. The van der Waals surface area contributed by atoms with Gasteiger partial charge in [-0.3, -0.25) is 4.98 Å². The number of hydrogen-bond acceptors (Lipinski definition) is 5. The molecule has 2 aromatic rings. The van der Waals surface area contributed by atoms with E-state index in [0.29, 0.717) is 36.1 Å². The number of rotatable bonds is 8. The predicted octanol–water partition coefficient (Wildman–Crippen LogP) is 3.28. The predicted molar refractivity (Wildman–Crippen MR) is 104 cm³/mol. The highest BCUT2D eigenvalue weighted by molar-refractivity contribution is 9.10. The summed E-state index contributed by atoms with van der Waals surface area (Å²) in [5, 5.41) is 4.55. The van der Waals surface area contributed by atoms with Crippen molar-refractivity contribution in [3.8, 4) is 17.5 Å². The second-order valence-electron chi connectivity index (χ2n) is 6.33. The molecule has 6 nitrogen and oxygen atoms in total. The van der Waals surface area contributed by atoms with Gasteiger partial charge in [-0.15, -0.1) is 5.10 Å². The SMILES string of the molecule is C[S+](C)CCOCn1nc(-c2ccc(Br)cn2)nc1OC1CCCC1. The lowest BCUT2D eigenvalue weighted by Crippen LogP contribution is -2.17. The van der Waals surface area contributed by atoms with E-state index in [1.54, 1.807) is 10.9 Å². The van der Waals surface area contributed by atoms with Crippen molar-refractivity contribution in [2.45, 2.75) is 38.5 Å². The first kappa shape index (κ1) is 18.7. The molecule has 0 radical (unpaired) electrons. The highest BCUT2D eigenvalue weighted by Gasteiger charge is 2.21. The van der Waals surface area contributed by atoms with Gasteiger partial charge in [0.1, 0.15) is 24.3 Å². The van der Waals surface area contributed by atoms with Gasteiger partial charge < -0.3 is 9.47 Å². The van der Waals surface area contributed by atoms with E-state index in [-0.39, 0.29) is 6.10 Å². The number of aromatic nitrogens is 4. The molecule has 1 saturated carbocycles. The Morgan fingerprint density at radius 3 is 2.76 bits per heavy atom. The van der Waals surface area contributed by atoms with Gasteiger partial charge in [0, 0.05) is 10.7 Å². The first-order valence-electron chi connectivity index (χ1n) is 8.47. The number of pyridine rings is 1. The van der Waals surface area contributed by atoms with Crippen molar-refractivity contribution in [3.05, 3.63) is 22.8 Å². The molecule has 0 unspecified atom stereocenters. The quantitative estimate of drug-likeness (QED) is 0.477. The zero-order valence-electron chi connectivity index (χ0n) is 14.7. The zero-order valence-corrected chi connectivity index (χ0v) is 17.1. The lowest BCUT2D eigenvalue weighted by molar-refractivity contribution is 0.0658. The van der Waals surface area contributed by atoms with Crippen molar-refractivity contribution in [1.29, 1.82) is 0 Å². The topological polar surface area (TPSA) is 62.1 Å². The molecule has 0 aliphatic heterocycles. The van der Waals surface area contributed by atoms with Gasteiger partial charge in [-0.1, -0.05) is 0 Å². The Morgan fingerprint density at radius 2 is 2.08 bits per heavy atom. The molecule has 0 aromatic carbocycles. The minimum absolute atomic E-state index is 0.228. The van der Waals surface area contributed by atoms with E-state index in [0.717, 1.165) is 28.8 Å². The van der Waals surface area contributed by atoms with Crippen molar-refractivity contribution >= 4 is 26.8 Å². The molecule has 3 rings (SSSR count). The second kappa shape index (κ2) is 9.00. The summed E-state index contributed by atoms with van der Waals surface area (Å²) in [6.07, 6.45) is 11.0. The highest BCUT2D eigenvalue weighted by Crippen LogP contribution is 2.25. The molecule has 136 valence electrons. The van der Waals surface area contributed by atoms with Gasteiger partial charge in [-0.05, 0) is 64.6 Å². The molecular weight excluding hydrogens is 404 g/mol. The van der Waals surface area contributed by atoms with Crippen LogP contribution in [-0.4, -0.2) is 50.7 Å². The van der Waals surface area contributed by atoms with Gasteiger partial charge in [-0.25, -0.2) is 0 Å². The number of hydrogen-bond donors (Lipinski definition) is 0. The van der Waals surface area contributed by atoms with Crippen LogP contribution in [0.3, 0.4) is 0 Å². The summed E-state index contributed by atoms with van der Waals surface area (Å²) < 4.78 is 14.5. The molecule has 25 heavy (non-hydrogen) atoms. The monoisotopic (exact) mass is 427 g/mol. The Kier molecular flexibility index (Phi) is 6.72. The van der Waals surface area contributed by atoms with Crippen LogP contribution in [-0.2, 0) is 22.4 Å². The first-order valence-corrected chi connectivity index (χ1v) is 11.5. The van der Waals surface area contributed by atoms with Gasteiger partial charge in [0.15, 0.2) is 0 Å². The van der Waals surface area contributed by atoms with E-state index in [2.05, 4.69) is 43.5 Å². The van der Waals surface area contributed by atoms with Gasteiger partial charge in [0.05, 0.1) is 19.1 Å². The lowest BCUT2D eigenvalue weighted by Gasteiger charge is -2.12.